The molecule has 1 amide bonds. The van der Waals surface area contributed by atoms with E-state index in [4.69, 9.17) is 0 Å². The Labute approximate surface area is 128 Å². The van der Waals surface area contributed by atoms with E-state index in [1.807, 2.05) is 6.92 Å². The second-order valence-corrected chi connectivity index (χ2v) is 5.23. The molecular formula is C18H15NO3. The first-order valence-electron chi connectivity index (χ1n) is 7.24. The van der Waals surface area contributed by atoms with Gasteiger partial charge in [-0.1, -0.05) is 43.3 Å². The fourth-order valence-electron chi connectivity index (χ4n) is 2.69. The number of rotatable bonds is 3. The number of carbonyl (C=O) groups excluding carboxylic acids is 3. The Balaban J connectivity index is 2.11. The Bertz CT molecular complexity index is 793. The van der Waals surface area contributed by atoms with E-state index in [-0.39, 0.29) is 23.0 Å². The van der Waals surface area contributed by atoms with Gasteiger partial charge in [0.25, 0.3) is 0 Å². The third kappa shape index (κ3) is 2.22. The quantitative estimate of drug-likeness (QED) is 0.806. The molecule has 2 aromatic rings. The monoisotopic (exact) mass is 293 g/mol. The summed E-state index contributed by atoms with van der Waals surface area (Å²) >= 11 is 0. The van der Waals surface area contributed by atoms with Crippen LogP contribution in [-0.4, -0.2) is 17.5 Å². The average Bonchev–Trinajstić information content (AvgIpc) is 2.53. The highest BCUT2D eigenvalue weighted by molar-refractivity contribution is 6.30. The third-order valence-electron chi connectivity index (χ3n) is 3.70. The SMILES string of the molecule is CCCC(=O)Nc1cccc2c1C(=O)c1ccccc1C2=O. The maximum absolute atomic E-state index is 12.7. The topological polar surface area (TPSA) is 63.2 Å². The number of hydrogen-bond acceptors (Lipinski definition) is 3. The van der Waals surface area contributed by atoms with Crippen LogP contribution in [0.25, 0.3) is 0 Å². The molecule has 4 nitrogen and oxygen atoms in total. The highest BCUT2D eigenvalue weighted by Gasteiger charge is 2.31. The van der Waals surface area contributed by atoms with E-state index in [2.05, 4.69) is 5.32 Å². The molecule has 0 fully saturated rings. The van der Waals surface area contributed by atoms with E-state index in [9.17, 15) is 14.4 Å². The Morgan fingerprint density at radius 3 is 2.23 bits per heavy atom. The van der Waals surface area contributed by atoms with Crippen molar-refractivity contribution in [3.63, 3.8) is 0 Å². The lowest BCUT2D eigenvalue weighted by Crippen LogP contribution is -2.23. The lowest BCUT2D eigenvalue weighted by molar-refractivity contribution is -0.116. The number of nitrogens with one attached hydrogen (secondary N) is 1. The number of amides is 1. The van der Waals surface area contributed by atoms with Crippen LogP contribution in [0.1, 0.15) is 51.6 Å². The summed E-state index contributed by atoms with van der Waals surface area (Å²) in [6.07, 6.45) is 1.10. The van der Waals surface area contributed by atoms with E-state index in [1.165, 1.54) is 0 Å². The smallest absolute Gasteiger partial charge is 0.224 e. The second-order valence-electron chi connectivity index (χ2n) is 5.23. The molecule has 0 radical (unpaired) electrons. The van der Waals surface area contributed by atoms with Crippen LogP contribution in [0.15, 0.2) is 42.5 Å². The zero-order valence-electron chi connectivity index (χ0n) is 12.2. The van der Waals surface area contributed by atoms with Gasteiger partial charge in [-0.25, -0.2) is 0 Å². The van der Waals surface area contributed by atoms with Crippen LogP contribution in [0.5, 0.6) is 0 Å². The molecule has 0 aliphatic heterocycles. The number of fused-ring (bicyclic) bond motifs is 2. The predicted molar refractivity (Wildman–Crippen MR) is 83.3 cm³/mol. The van der Waals surface area contributed by atoms with Gasteiger partial charge in [0.2, 0.25) is 5.91 Å². The summed E-state index contributed by atoms with van der Waals surface area (Å²) in [5.74, 6) is -0.565. The maximum Gasteiger partial charge on any atom is 0.224 e. The molecule has 0 saturated carbocycles. The van der Waals surface area contributed by atoms with Crippen molar-refractivity contribution < 1.29 is 14.4 Å². The number of carbonyl (C=O) groups is 3. The molecule has 22 heavy (non-hydrogen) atoms. The van der Waals surface area contributed by atoms with Crippen LogP contribution < -0.4 is 5.32 Å². The standard InChI is InChI=1S/C18H15NO3/c1-2-6-15(20)19-14-10-5-9-13-16(14)18(22)12-8-4-3-7-11(12)17(13)21/h3-5,7-10H,2,6H2,1H3,(H,19,20). The molecule has 1 aliphatic rings. The van der Waals surface area contributed by atoms with Crippen molar-refractivity contribution in [3.8, 4) is 0 Å². The van der Waals surface area contributed by atoms with Gasteiger partial charge >= 0.3 is 0 Å². The first-order chi connectivity index (χ1) is 10.6. The molecule has 0 saturated heterocycles. The van der Waals surface area contributed by atoms with E-state index >= 15 is 0 Å². The largest absolute Gasteiger partial charge is 0.325 e. The van der Waals surface area contributed by atoms with Gasteiger partial charge in [-0.05, 0) is 12.5 Å². The molecule has 1 N–H and O–H groups in total. The van der Waals surface area contributed by atoms with Gasteiger partial charge in [-0.15, -0.1) is 0 Å². The zero-order chi connectivity index (χ0) is 15.7. The average molecular weight is 293 g/mol. The molecule has 1 aliphatic carbocycles. The summed E-state index contributed by atoms with van der Waals surface area (Å²) in [7, 11) is 0. The normalized spacial score (nSPS) is 12.6. The van der Waals surface area contributed by atoms with E-state index in [0.717, 1.165) is 6.42 Å². The van der Waals surface area contributed by atoms with E-state index < -0.39 is 0 Å². The summed E-state index contributed by atoms with van der Waals surface area (Å²) in [4.78, 5) is 37.1. The number of hydrogen-bond donors (Lipinski definition) is 1. The lowest BCUT2D eigenvalue weighted by Gasteiger charge is -2.20. The minimum absolute atomic E-state index is 0.157. The van der Waals surface area contributed by atoms with Gasteiger partial charge in [0.15, 0.2) is 11.6 Å². The molecule has 0 aromatic heterocycles. The van der Waals surface area contributed by atoms with Crippen LogP contribution in [0.2, 0.25) is 0 Å². The molecule has 0 heterocycles. The summed E-state index contributed by atoms with van der Waals surface area (Å²) in [5.41, 5.74) is 1.84. The Morgan fingerprint density at radius 1 is 0.909 bits per heavy atom. The van der Waals surface area contributed by atoms with Gasteiger partial charge in [0.1, 0.15) is 0 Å². The molecule has 110 valence electrons. The van der Waals surface area contributed by atoms with Gasteiger partial charge in [-0.2, -0.15) is 0 Å². The van der Waals surface area contributed by atoms with Crippen LogP contribution in [-0.2, 0) is 4.79 Å². The molecule has 4 heteroatoms. The molecular weight excluding hydrogens is 278 g/mol. The highest BCUT2D eigenvalue weighted by Crippen LogP contribution is 2.31. The minimum atomic E-state index is -0.224. The van der Waals surface area contributed by atoms with E-state index in [1.54, 1.807) is 42.5 Å². The fraction of sp³-hybridized carbons (Fsp3) is 0.167. The first kappa shape index (κ1) is 14.2. The van der Waals surface area contributed by atoms with Crippen LogP contribution in [0.3, 0.4) is 0 Å². The van der Waals surface area contributed by atoms with Crippen molar-refractivity contribution in [1.29, 1.82) is 0 Å². The molecule has 2 aromatic carbocycles. The molecule has 0 atom stereocenters. The fourth-order valence-corrected chi connectivity index (χ4v) is 2.69. The summed E-state index contributed by atoms with van der Waals surface area (Å²) < 4.78 is 0. The van der Waals surface area contributed by atoms with Gasteiger partial charge in [-0.3, -0.25) is 14.4 Å². The maximum atomic E-state index is 12.7. The van der Waals surface area contributed by atoms with Crippen molar-refractivity contribution in [2.75, 3.05) is 5.32 Å². The number of benzene rings is 2. The summed E-state index contributed by atoms with van der Waals surface area (Å²) in [5, 5.41) is 2.74. The van der Waals surface area contributed by atoms with Crippen LogP contribution >= 0.6 is 0 Å². The highest BCUT2D eigenvalue weighted by atomic mass is 16.2. The van der Waals surface area contributed by atoms with Crippen LogP contribution in [0.4, 0.5) is 5.69 Å². The Hall–Kier alpha value is -2.75. The first-order valence-corrected chi connectivity index (χ1v) is 7.24. The van der Waals surface area contributed by atoms with Gasteiger partial charge in [0, 0.05) is 23.1 Å². The van der Waals surface area contributed by atoms with Gasteiger partial charge < -0.3 is 5.32 Å². The van der Waals surface area contributed by atoms with Crippen molar-refractivity contribution >= 4 is 23.2 Å². The van der Waals surface area contributed by atoms with Crippen molar-refractivity contribution in [2.24, 2.45) is 0 Å². The molecule has 0 bridgehead atoms. The van der Waals surface area contributed by atoms with E-state index in [0.29, 0.717) is 28.8 Å². The molecule has 0 spiro atoms. The zero-order valence-corrected chi connectivity index (χ0v) is 12.2. The predicted octanol–water partition coefficient (Wildman–Crippen LogP) is 3.20. The molecule has 0 unspecified atom stereocenters. The number of ketones is 2. The lowest BCUT2D eigenvalue weighted by atomic mass is 9.83. The van der Waals surface area contributed by atoms with Gasteiger partial charge in [0.05, 0.1) is 11.3 Å². The Morgan fingerprint density at radius 2 is 1.55 bits per heavy atom. The molecule has 3 rings (SSSR count). The van der Waals surface area contributed by atoms with Crippen molar-refractivity contribution in [3.05, 3.63) is 64.7 Å². The summed E-state index contributed by atoms with van der Waals surface area (Å²) in [6.45, 7) is 1.91. The second kappa shape index (κ2) is 5.56. The van der Waals surface area contributed by atoms with Crippen molar-refractivity contribution in [1.82, 2.24) is 0 Å². The number of anilines is 1. The minimum Gasteiger partial charge on any atom is -0.325 e. The Kier molecular flexibility index (Phi) is 3.59. The third-order valence-corrected chi connectivity index (χ3v) is 3.70. The van der Waals surface area contributed by atoms with Crippen molar-refractivity contribution in [2.45, 2.75) is 19.8 Å². The summed E-state index contributed by atoms with van der Waals surface area (Å²) in [6, 6.07) is 11.7. The van der Waals surface area contributed by atoms with Crippen LogP contribution in [0, 0.1) is 0 Å².